The van der Waals surface area contributed by atoms with Crippen LogP contribution in [0.25, 0.3) is 10.9 Å². The lowest BCUT2D eigenvalue weighted by molar-refractivity contribution is -0.136. The molecule has 158 valence electrons. The van der Waals surface area contributed by atoms with Crippen LogP contribution in [0.2, 0.25) is 5.02 Å². The van der Waals surface area contributed by atoms with Crippen molar-refractivity contribution in [2.45, 2.75) is 57.2 Å². The van der Waals surface area contributed by atoms with E-state index in [1.54, 1.807) is 5.57 Å². The molecule has 5 heteroatoms. The van der Waals surface area contributed by atoms with Gasteiger partial charge in [-0.05, 0) is 74.1 Å². The second-order valence-electron chi connectivity index (χ2n) is 9.74. The minimum atomic E-state index is 0.252. The molecule has 4 aliphatic rings. The molecule has 0 saturated carbocycles. The number of piperidine rings is 3. The Bertz CT molecular complexity index is 1010. The second kappa shape index (κ2) is 7.42. The Morgan fingerprint density at radius 3 is 3.00 bits per heavy atom. The van der Waals surface area contributed by atoms with Crippen LogP contribution in [0, 0.1) is 11.8 Å². The van der Waals surface area contributed by atoms with Crippen molar-refractivity contribution in [1.82, 2.24) is 14.4 Å². The molecule has 3 fully saturated rings. The molecular formula is C25H30ClN3O. The highest BCUT2D eigenvalue weighted by Gasteiger charge is 2.46. The van der Waals surface area contributed by atoms with Crippen LogP contribution in [-0.2, 0) is 11.3 Å². The molecule has 1 aromatic heterocycles. The summed E-state index contributed by atoms with van der Waals surface area (Å²) in [5, 5.41) is 1.85. The maximum Gasteiger partial charge on any atom is 0.243 e. The SMILES string of the molecule is O=C(Cn1ccc2ccc(Cl)cc21)N1CCCC2=C[C@@H]3C[C@H](CN4CCCC[C@@H]34)[C@H]21. The van der Waals surface area contributed by atoms with Gasteiger partial charge in [0.05, 0.1) is 6.04 Å². The molecule has 1 aliphatic carbocycles. The van der Waals surface area contributed by atoms with Crippen molar-refractivity contribution < 1.29 is 4.79 Å². The molecule has 4 atom stereocenters. The first-order valence-electron chi connectivity index (χ1n) is 11.7. The monoisotopic (exact) mass is 423 g/mol. The van der Waals surface area contributed by atoms with E-state index in [0.29, 0.717) is 24.4 Å². The minimum absolute atomic E-state index is 0.252. The number of likely N-dealkylation sites (tertiary alicyclic amines) is 1. The van der Waals surface area contributed by atoms with Crippen LogP contribution in [0.1, 0.15) is 38.5 Å². The first-order chi connectivity index (χ1) is 14.7. The lowest BCUT2D eigenvalue weighted by Gasteiger charge is -2.54. The van der Waals surface area contributed by atoms with Gasteiger partial charge in [0.15, 0.2) is 0 Å². The summed E-state index contributed by atoms with van der Waals surface area (Å²) in [6, 6.07) is 9.05. The normalized spacial score (nSPS) is 31.2. The van der Waals surface area contributed by atoms with E-state index < -0.39 is 0 Å². The standard InChI is InChI=1S/C25H30ClN3O/c26-21-7-6-17-8-11-28(23(17)14-21)16-24(30)29-10-3-4-18-12-19-13-20(25(18)29)15-27-9-2-1-5-22(19)27/h6-8,11-12,14,19-20,22,25H,1-5,9-10,13,15-16H2/t19-,20-,22+,25+/m1/s1. The van der Waals surface area contributed by atoms with E-state index in [9.17, 15) is 4.79 Å². The molecule has 2 aromatic rings. The Hall–Kier alpha value is -1.78. The third-order valence-electron chi connectivity index (χ3n) is 8.02. The Kier molecular flexibility index (Phi) is 4.69. The number of fused-ring (bicyclic) bond motifs is 7. The zero-order chi connectivity index (χ0) is 20.2. The van der Waals surface area contributed by atoms with Crippen molar-refractivity contribution in [3.8, 4) is 0 Å². The molecule has 0 N–H and O–H groups in total. The van der Waals surface area contributed by atoms with Crippen molar-refractivity contribution in [2.75, 3.05) is 19.6 Å². The largest absolute Gasteiger partial charge is 0.338 e. The molecule has 1 aromatic carbocycles. The number of amides is 1. The van der Waals surface area contributed by atoms with Gasteiger partial charge in [0.25, 0.3) is 0 Å². The number of aromatic nitrogens is 1. The van der Waals surface area contributed by atoms with Gasteiger partial charge in [-0.2, -0.15) is 0 Å². The van der Waals surface area contributed by atoms with Crippen molar-refractivity contribution in [1.29, 1.82) is 0 Å². The predicted molar refractivity (Wildman–Crippen MR) is 121 cm³/mol. The van der Waals surface area contributed by atoms with Gasteiger partial charge in [0.1, 0.15) is 6.54 Å². The predicted octanol–water partition coefficient (Wildman–Crippen LogP) is 4.72. The molecule has 4 heterocycles. The Morgan fingerprint density at radius 2 is 2.07 bits per heavy atom. The summed E-state index contributed by atoms with van der Waals surface area (Å²) in [5.41, 5.74) is 2.60. The highest BCUT2D eigenvalue weighted by molar-refractivity contribution is 6.31. The van der Waals surface area contributed by atoms with Gasteiger partial charge in [-0.3, -0.25) is 9.69 Å². The van der Waals surface area contributed by atoms with Crippen LogP contribution in [0.15, 0.2) is 42.1 Å². The van der Waals surface area contributed by atoms with E-state index in [1.165, 1.54) is 45.2 Å². The number of rotatable bonds is 2. The van der Waals surface area contributed by atoms with Crippen molar-refractivity contribution >= 4 is 28.4 Å². The van der Waals surface area contributed by atoms with Gasteiger partial charge in [-0.15, -0.1) is 0 Å². The minimum Gasteiger partial charge on any atom is -0.338 e. The maximum atomic E-state index is 13.5. The number of hydrogen-bond acceptors (Lipinski definition) is 2. The molecule has 3 aliphatic heterocycles. The topological polar surface area (TPSA) is 28.5 Å². The lowest BCUT2D eigenvalue weighted by atomic mass is 9.68. The summed E-state index contributed by atoms with van der Waals surface area (Å²) in [6.07, 6.45) is 12.2. The van der Waals surface area contributed by atoms with E-state index >= 15 is 0 Å². The molecule has 6 rings (SSSR count). The number of carbonyl (C=O) groups is 1. The van der Waals surface area contributed by atoms with E-state index in [0.717, 1.165) is 34.9 Å². The molecule has 0 spiro atoms. The molecular weight excluding hydrogens is 394 g/mol. The van der Waals surface area contributed by atoms with Gasteiger partial charge in [-0.25, -0.2) is 0 Å². The van der Waals surface area contributed by atoms with E-state index in [-0.39, 0.29) is 5.91 Å². The average Bonchev–Trinajstić information content (AvgIpc) is 3.15. The highest BCUT2D eigenvalue weighted by atomic mass is 35.5. The average molecular weight is 424 g/mol. The molecule has 30 heavy (non-hydrogen) atoms. The molecule has 0 unspecified atom stereocenters. The van der Waals surface area contributed by atoms with Crippen LogP contribution in [0.5, 0.6) is 0 Å². The molecule has 0 radical (unpaired) electrons. The summed E-state index contributed by atoms with van der Waals surface area (Å²) >= 11 is 6.22. The fourth-order valence-corrected chi connectivity index (χ4v) is 6.95. The van der Waals surface area contributed by atoms with Crippen molar-refractivity contribution in [2.24, 2.45) is 11.8 Å². The fraction of sp³-hybridized carbons (Fsp3) is 0.560. The van der Waals surface area contributed by atoms with Gasteiger partial charge in [0, 0.05) is 35.9 Å². The van der Waals surface area contributed by atoms with Gasteiger partial charge in [-0.1, -0.05) is 35.7 Å². The van der Waals surface area contributed by atoms with E-state index in [1.807, 2.05) is 24.4 Å². The summed E-state index contributed by atoms with van der Waals surface area (Å²) in [4.78, 5) is 18.5. The van der Waals surface area contributed by atoms with Crippen LogP contribution in [-0.4, -0.2) is 52.0 Å². The first kappa shape index (κ1) is 18.9. The zero-order valence-electron chi connectivity index (χ0n) is 17.5. The van der Waals surface area contributed by atoms with Gasteiger partial charge >= 0.3 is 0 Å². The smallest absolute Gasteiger partial charge is 0.243 e. The maximum absolute atomic E-state index is 13.5. The molecule has 3 saturated heterocycles. The summed E-state index contributed by atoms with van der Waals surface area (Å²) in [6.45, 7) is 3.72. The first-order valence-corrected chi connectivity index (χ1v) is 12.0. The molecule has 1 amide bonds. The second-order valence-corrected chi connectivity index (χ2v) is 10.2. The Morgan fingerprint density at radius 1 is 1.13 bits per heavy atom. The summed E-state index contributed by atoms with van der Waals surface area (Å²) in [5.74, 6) is 1.56. The quantitative estimate of drug-likeness (QED) is 0.654. The lowest BCUT2D eigenvalue weighted by Crippen LogP contribution is -2.60. The third kappa shape index (κ3) is 3.11. The van der Waals surface area contributed by atoms with Crippen LogP contribution < -0.4 is 0 Å². The number of hydrogen-bond donors (Lipinski definition) is 0. The van der Waals surface area contributed by atoms with Crippen LogP contribution in [0.3, 0.4) is 0 Å². The number of nitrogens with zero attached hydrogens (tertiary/aromatic N) is 3. The Balaban J connectivity index is 1.27. The number of halogens is 1. The summed E-state index contributed by atoms with van der Waals surface area (Å²) < 4.78 is 2.06. The highest BCUT2D eigenvalue weighted by Crippen LogP contribution is 2.45. The fourth-order valence-electron chi connectivity index (χ4n) is 6.78. The van der Waals surface area contributed by atoms with Gasteiger partial charge < -0.3 is 9.47 Å². The van der Waals surface area contributed by atoms with Crippen LogP contribution >= 0.6 is 11.6 Å². The number of carbonyl (C=O) groups excluding carboxylic acids is 1. The van der Waals surface area contributed by atoms with E-state index in [4.69, 9.17) is 11.6 Å². The van der Waals surface area contributed by atoms with Crippen molar-refractivity contribution in [3.63, 3.8) is 0 Å². The van der Waals surface area contributed by atoms with E-state index in [2.05, 4.69) is 26.5 Å². The van der Waals surface area contributed by atoms with Crippen molar-refractivity contribution in [3.05, 3.63) is 47.1 Å². The number of benzene rings is 1. The Labute approximate surface area is 183 Å². The molecule has 4 nitrogen and oxygen atoms in total. The summed E-state index contributed by atoms with van der Waals surface area (Å²) in [7, 11) is 0. The zero-order valence-corrected chi connectivity index (χ0v) is 18.2. The third-order valence-corrected chi connectivity index (χ3v) is 8.25. The van der Waals surface area contributed by atoms with Crippen LogP contribution in [0.4, 0.5) is 0 Å². The van der Waals surface area contributed by atoms with Gasteiger partial charge in [0.2, 0.25) is 5.91 Å². The molecule has 2 bridgehead atoms.